The molecule has 0 bridgehead atoms. The van der Waals surface area contributed by atoms with Gasteiger partial charge in [-0.2, -0.15) is 5.10 Å². The molecule has 3 N–H and O–H groups in total. The third kappa shape index (κ3) is 4.93. The van der Waals surface area contributed by atoms with E-state index in [9.17, 15) is 4.79 Å². The Balaban J connectivity index is 2.08. The van der Waals surface area contributed by atoms with E-state index < -0.39 is 5.97 Å². The van der Waals surface area contributed by atoms with Crippen LogP contribution in [0.15, 0.2) is 47.6 Å². The Hall–Kier alpha value is -3.13. The second-order valence-corrected chi connectivity index (χ2v) is 5.62. The highest BCUT2D eigenvalue weighted by atomic mass is 32.1. The molecule has 0 saturated heterocycles. The summed E-state index contributed by atoms with van der Waals surface area (Å²) >= 11 is 5.19. The predicted molar refractivity (Wildman–Crippen MR) is 105 cm³/mol. The number of rotatable bonds is 6. The number of carbonyl (C=O) groups is 1. The molecule has 26 heavy (non-hydrogen) atoms. The van der Waals surface area contributed by atoms with Gasteiger partial charge < -0.3 is 19.9 Å². The van der Waals surface area contributed by atoms with Crippen molar-refractivity contribution in [1.29, 1.82) is 0 Å². The van der Waals surface area contributed by atoms with Gasteiger partial charge in [-0.25, -0.2) is 4.79 Å². The first-order valence-electron chi connectivity index (χ1n) is 7.61. The third-order valence-electron chi connectivity index (χ3n) is 3.49. The van der Waals surface area contributed by atoms with E-state index in [0.29, 0.717) is 22.9 Å². The molecule has 0 radical (unpaired) electrons. The van der Waals surface area contributed by atoms with Crippen LogP contribution in [0.3, 0.4) is 0 Å². The van der Waals surface area contributed by atoms with Crippen LogP contribution in [0.25, 0.3) is 0 Å². The summed E-state index contributed by atoms with van der Waals surface area (Å²) in [5.74, 6) is 0.301. The lowest BCUT2D eigenvalue weighted by atomic mass is 10.1. The van der Waals surface area contributed by atoms with Crippen molar-refractivity contribution in [3.63, 3.8) is 0 Å². The van der Waals surface area contributed by atoms with Gasteiger partial charge in [-0.05, 0) is 49.5 Å². The number of methoxy groups -OCH3 is 2. The second-order valence-electron chi connectivity index (χ2n) is 5.22. The lowest BCUT2D eigenvalue weighted by Crippen LogP contribution is -2.25. The van der Waals surface area contributed by atoms with Gasteiger partial charge in [0.2, 0.25) is 0 Å². The largest absolute Gasteiger partial charge is 0.497 e. The fourth-order valence-electron chi connectivity index (χ4n) is 2.18. The van der Waals surface area contributed by atoms with Crippen LogP contribution in [0.2, 0.25) is 0 Å². The molecule has 0 fully saturated rings. The van der Waals surface area contributed by atoms with Gasteiger partial charge in [-0.3, -0.25) is 5.43 Å². The number of nitrogens with one attached hydrogen (secondary N) is 2. The smallest absolute Gasteiger partial charge is 0.335 e. The third-order valence-corrected chi connectivity index (χ3v) is 3.68. The average Bonchev–Trinajstić information content (AvgIpc) is 2.65. The van der Waals surface area contributed by atoms with Crippen molar-refractivity contribution in [2.24, 2.45) is 5.10 Å². The normalized spacial score (nSPS) is 10.8. The highest BCUT2D eigenvalue weighted by Crippen LogP contribution is 2.25. The summed E-state index contributed by atoms with van der Waals surface area (Å²) in [4.78, 5) is 11.0. The number of hydrogen-bond acceptors (Lipinski definition) is 5. The van der Waals surface area contributed by atoms with E-state index in [2.05, 4.69) is 15.8 Å². The molecule has 0 aliphatic rings. The summed E-state index contributed by atoms with van der Waals surface area (Å²) in [6.45, 7) is 1.81. The quantitative estimate of drug-likeness (QED) is 0.407. The summed E-state index contributed by atoms with van der Waals surface area (Å²) in [5, 5.41) is 16.4. The minimum atomic E-state index is -1.01. The molecule has 2 aromatic rings. The molecular weight excluding hydrogens is 354 g/mol. The van der Waals surface area contributed by atoms with Crippen LogP contribution >= 0.6 is 12.2 Å². The lowest BCUT2D eigenvalue weighted by Gasteiger charge is -2.11. The number of hydrogen-bond donors (Lipinski definition) is 3. The number of anilines is 1. The number of carboxylic acids is 1. The number of thiocarbonyl (C=S) groups is 1. The summed E-state index contributed by atoms with van der Waals surface area (Å²) in [5.41, 5.74) is 4.90. The van der Waals surface area contributed by atoms with Crippen molar-refractivity contribution < 1.29 is 19.4 Å². The Morgan fingerprint density at radius 1 is 1.15 bits per heavy atom. The highest BCUT2D eigenvalue weighted by Gasteiger charge is 2.09. The first-order chi connectivity index (χ1) is 12.4. The summed E-state index contributed by atoms with van der Waals surface area (Å²) in [6, 6.07) is 11.7. The van der Waals surface area contributed by atoms with Crippen LogP contribution in [0.1, 0.15) is 22.8 Å². The number of nitrogens with zero attached hydrogens (tertiary/aromatic N) is 1. The van der Waals surface area contributed by atoms with Gasteiger partial charge in [-0.15, -0.1) is 0 Å². The van der Waals surface area contributed by atoms with Crippen molar-refractivity contribution in [1.82, 2.24) is 5.43 Å². The molecule has 0 spiro atoms. The molecular formula is C18H19N3O4S. The van der Waals surface area contributed by atoms with E-state index in [1.165, 1.54) is 12.1 Å². The van der Waals surface area contributed by atoms with Crippen LogP contribution < -0.4 is 20.2 Å². The van der Waals surface area contributed by atoms with Gasteiger partial charge in [0.1, 0.15) is 11.5 Å². The van der Waals surface area contributed by atoms with Crippen molar-refractivity contribution in [2.45, 2.75) is 6.92 Å². The lowest BCUT2D eigenvalue weighted by molar-refractivity contribution is 0.0697. The maximum atomic E-state index is 11.0. The van der Waals surface area contributed by atoms with E-state index in [-0.39, 0.29) is 10.7 Å². The topological polar surface area (TPSA) is 92.2 Å². The van der Waals surface area contributed by atoms with Gasteiger partial charge in [0.25, 0.3) is 0 Å². The van der Waals surface area contributed by atoms with Gasteiger partial charge in [0, 0.05) is 17.3 Å². The number of benzene rings is 2. The monoisotopic (exact) mass is 373 g/mol. The minimum absolute atomic E-state index is 0.167. The van der Waals surface area contributed by atoms with Crippen molar-refractivity contribution >= 4 is 34.7 Å². The molecule has 0 saturated carbocycles. The molecule has 0 aromatic heterocycles. The molecule has 0 atom stereocenters. The summed E-state index contributed by atoms with van der Waals surface area (Å²) in [7, 11) is 3.15. The van der Waals surface area contributed by atoms with Crippen LogP contribution in [-0.2, 0) is 0 Å². The van der Waals surface area contributed by atoms with Gasteiger partial charge in [0.15, 0.2) is 5.11 Å². The molecule has 2 rings (SSSR count). The van der Waals surface area contributed by atoms with Crippen LogP contribution in [0.5, 0.6) is 11.5 Å². The van der Waals surface area contributed by atoms with Crippen molar-refractivity contribution in [3.8, 4) is 11.5 Å². The molecule has 0 heterocycles. The Bertz CT molecular complexity index is 852. The first kappa shape index (κ1) is 19.2. The predicted octanol–water partition coefficient (Wildman–Crippen LogP) is 3.11. The first-order valence-corrected chi connectivity index (χ1v) is 8.02. The maximum absolute atomic E-state index is 11.0. The Labute approximate surface area is 156 Å². The SMILES string of the molecule is COc1ccc(/C(C)=N/NC(=S)Nc2cccc(C(=O)O)c2)c(OC)c1. The fourth-order valence-corrected chi connectivity index (χ4v) is 2.34. The van der Waals surface area contributed by atoms with E-state index in [0.717, 1.165) is 5.56 Å². The van der Waals surface area contributed by atoms with Gasteiger partial charge in [0.05, 0.1) is 25.5 Å². The highest BCUT2D eigenvalue weighted by molar-refractivity contribution is 7.80. The number of aromatic carboxylic acids is 1. The molecule has 8 heteroatoms. The van der Waals surface area contributed by atoms with E-state index in [1.807, 2.05) is 19.1 Å². The number of carboxylic acid groups (broad SMARTS) is 1. The number of ether oxygens (including phenoxy) is 2. The molecule has 136 valence electrons. The van der Waals surface area contributed by atoms with E-state index in [1.54, 1.807) is 32.4 Å². The van der Waals surface area contributed by atoms with Crippen LogP contribution in [0, 0.1) is 0 Å². The number of hydrazone groups is 1. The summed E-state index contributed by atoms with van der Waals surface area (Å²) < 4.78 is 10.5. The molecule has 0 unspecified atom stereocenters. The molecule has 7 nitrogen and oxygen atoms in total. The molecule has 0 aliphatic heterocycles. The summed E-state index contributed by atoms with van der Waals surface area (Å²) in [6.07, 6.45) is 0. The van der Waals surface area contributed by atoms with Gasteiger partial charge in [-0.1, -0.05) is 6.07 Å². The van der Waals surface area contributed by atoms with Crippen molar-refractivity contribution in [3.05, 3.63) is 53.6 Å². The second kappa shape index (κ2) is 8.82. The minimum Gasteiger partial charge on any atom is -0.497 e. The van der Waals surface area contributed by atoms with Crippen LogP contribution in [0.4, 0.5) is 5.69 Å². The molecule has 0 aliphatic carbocycles. The Morgan fingerprint density at radius 2 is 1.92 bits per heavy atom. The molecule has 2 aromatic carbocycles. The standard InChI is InChI=1S/C18H19N3O4S/c1-11(15-8-7-14(24-2)10-16(15)25-3)20-21-18(26)19-13-6-4-5-12(9-13)17(22)23/h4-10H,1-3H3,(H,22,23)(H2,19,21,26)/b20-11+. The van der Waals surface area contributed by atoms with Gasteiger partial charge >= 0.3 is 5.97 Å². The Kier molecular flexibility index (Phi) is 6.51. The Morgan fingerprint density at radius 3 is 2.58 bits per heavy atom. The fraction of sp³-hybridized carbons (Fsp3) is 0.167. The zero-order chi connectivity index (χ0) is 19.1. The maximum Gasteiger partial charge on any atom is 0.335 e. The molecule has 0 amide bonds. The zero-order valence-corrected chi connectivity index (χ0v) is 15.4. The van der Waals surface area contributed by atoms with E-state index in [4.69, 9.17) is 26.8 Å². The average molecular weight is 373 g/mol. The van der Waals surface area contributed by atoms with Crippen molar-refractivity contribution in [2.75, 3.05) is 19.5 Å². The zero-order valence-electron chi connectivity index (χ0n) is 14.6. The van der Waals surface area contributed by atoms with E-state index >= 15 is 0 Å². The van der Waals surface area contributed by atoms with Crippen LogP contribution in [-0.4, -0.2) is 36.1 Å².